The lowest BCUT2D eigenvalue weighted by atomic mass is 10.0. The zero-order valence-electron chi connectivity index (χ0n) is 18.7. The summed E-state index contributed by atoms with van der Waals surface area (Å²) in [6.45, 7) is 6.63. The van der Waals surface area contributed by atoms with Gasteiger partial charge in [0, 0.05) is 31.4 Å². The van der Waals surface area contributed by atoms with Crippen LogP contribution in [0, 0.1) is 0 Å². The van der Waals surface area contributed by atoms with E-state index in [1.807, 2.05) is 38.1 Å². The highest BCUT2D eigenvalue weighted by atomic mass is 35.5. The largest absolute Gasteiger partial charge is 0.490 e. The van der Waals surface area contributed by atoms with E-state index in [2.05, 4.69) is 9.97 Å². The summed E-state index contributed by atoms with van der Waals surface area (Å²) < 4.78 is 38.2. The minimum absolute atomic E-state index is 0.00104. The fourth-order valence-corrected chi connectivity index (χ4v) is 3.00. The summed E-state index contributed by atoms with van der Waals surface area (Å²) in [6.07, 6.45) is 3.73. The highest BCUT2D eigenvalue weighted by molar-refractivity contribution is 6.28. The SMILES string of the molecule is CCC(C)=C(c1ccc(COc2nc(Cl)ncc2OC)cc1)N(C)/C=C(\C)C(C)(F)F. The molecule has 0 fully saturated rings. The molecule has 0 spiro atoms. The number of nitrogens with zero attached hydrogens (tertiary/aromatic N) is 3. The van der Waals surface area contributed by atoms with Gasteiger partial charge < -0.3 is 14.4 Å². The predicted octanol–water partition coefficient (Wildman–Crippen LogP) is 6.35. The number of hydrogen-bond donors (Lipinski definition) is 0. The third kappa shape index (κ3) is 6.66. The zero-order valence-corrected chi connectivity index (χ0v) is 19.4. The summed E-state index contributed by atoms with van der Waals surface area (Å²) >= 11 is 5.83. The molecular formula is C23H28ClF2N3O2. The van der Waals surface area contributed by atoms with Gasteiger partial charge in [-0.2, -0.15) is 4.98 Å². The van der Waals surface area contributed by atoms with Crippen LogP contribution in [0.4, 0.5) is 8.78 Å². The molecule has 1 heterocycles. The molecule has 0 N–H and O–H groups in total. The van der Waals surface area contributed by atoms with Gasteiger partial charge in [0.2, 0.25) is 5.28 Å². The van der Waals surface area contributed by atoms with Crippen LogP contribution < -0.4 is 9.47 Å². The van der Waals surface area contributed by atoms with Gasteiger partial charge >= 0.3 is 0 Å². The molecule has 0 radical (unpaired) electrons. The molecule has 168 valence electrons. The maximum Gasteiger partial charge on any atom is 0.268 e. The number of ether oxygens (including phenoxy) is 2. The van der Waals surface area contributed by atoms with E-state index >= 15 is 0 Å². The molecule has 0 aliphatic carbocycles. The maximum atomic E-state index is 13.6. The molecular weight excluding hydrogens is 424 g/mol. The van der Waals surface area contributed by atoms with Crippen molar-refractivity contribution in [3.05, 3.63) is 64.2 Å². The lowest BCUT2D eigenvalue weighted by Gasteiger charge is -2.24. The number of alkyl halides is 2. The average Bonchev–Trinajstić information content (AvgIpc) is 2.72. The molecule has 0 unspecified atom stereocenters. The first-order valence-corrected chi connectivity index (χ1v) is 10.2. The van der Waals surface area contributed by atoms with Crippen molar-refractivity contribution in [3.63, 3.8) is 0 Å². The van der Waals surface area contributed by atoms with Gasteiger partial charge in [0.05, 0.1) is 13.3 Å². The van der Waals surface area contributed by atoms with E-state index in [1.165, 1.54) is 26.4 Å². The minimum atomic E-state index is -2.87. The predicted molar refractivity (Wildman–Crippen MR) is 119 cm³/mol. The van der Waals surface area contributed by atoms with Crippen LogP contribution in [0.1, 0.15) is 45.2 Å². The second-order valence-electron chi connectivity index (χ2n) is 7.29. The summed E-state index contributed by atoms with van der Waals surface area (Å²) in [5.41, 5.74) is 3.82. The zero-order chi connectivity index (χ0) is 23.2. The fraction of sp³-hybridized carbons (Fsp3) is 0.391. The van der Waals surface area contributed by atoms with Crippen LogP contribution in [0.25, 0.3) is 5.70 Å². The van der Waals surface area contributed by atoms with E-state index in [4.69, 9.17) is 21.1 Å². The summed E-state index contributed by atoms with van der Waals surface area (Å²) in [5, 5.41) is 0.0695. The molecule has 0 aliphatic rings. The Labute approximate surface area is 187 Å². The van der Waals surface area contributed by atoms with Crippen molar-refractivity contribution in [1.82, 2.24) is 14.9 Å². The van der Waals surface area contributed by atoms with Gasteiger partial charge in [0.1, 0.15) is 6.61 Å². The van der Waals surface area contributed by atoms with Crippen molar-refractivity contribution in [2.45, 2.75) is 46.6 Å². The Morgan fingerprint density at radius 3 is 2.42 bits per heavy atom. The lowest BCUT2D eigenvalue weighted by Crippen LogP contribution is -2.18. The Balaban J connectivity index is 2.24. The molecule has 2 aromatic rings. The third-order valence-electron chi connectivity index (χ3n) is 4.88. The fourth-order valence-electron chi connectivity index (χ4n) is 2.88. The quantitative estimate of drug-likeness (QED) is 0.416. The number of rotatable bonds is 9. The van der Waals surface area contributed by atoms with E-state index in [-0.39, 0.29) is 23.3 Å². The Kier molecular flexibility index (Phi) is 8.39. The van der Waals surface area contributed by atoms with Crippen LogP contribution in [-0.4, -0.2) is 34.9 Å². The molecule has 0 saturated carbocycles. The first kappa shape index (κ1) is 24.6. The lowest BCUT2D eigenvalue weighted by molar-refractivity contribution is 0.0622. The van der Waals surface area contributed by atoms with Crippen LogP contribution >= 0.6 is 11.6 Å². The Bertz CT molecular complexity index is 954. The summed E-state index contributed by atoms with van der Waals surface area (Å²) in [5.74, 6) is -2.22. The number of benzene rings is 1. The Morgan fingerprint density at radius 2 is 1.87 bits per heavy atom. The summed E-state index contributed by atoms with van der Waals surface area (Å²) in [6, 6.07) is 7.74. The average molecular weight is 452 g/mol. The van der Waals surface area contributed by atoms with Crippen molar-refractivity contribution in [2.75, 3.05) is 14.2 Å². The molecule has 5 nitrogen and oxygen atoms in total. The number of allylic oxidation sites excluding steroid dienone is 2. The van der Waals surface area contributed by atoms with Gasteiger partial charge in [-0.1, -0.05) is 31.2 Å². The van der Waals surface area contributed by atoms with Crippen molar-refractivity contribution >= 4 is 17.3 Å². The highest BCUT2D eigenvalue weighted by Crippen LogP contribution is 2.29. The van der Waals surface area contributed by atoms with Gasteiger partial charge in [0.25, 0.3) is 11.8 Å². The molecule has 8 heteroatoms. The summed E-state index contributed by atoms with van der Waals surface area (Å²) in [4.78, 5) is 9.65. The van der Waals surface area contributed by atoms with E-state index in [0.29, 0.717) is 5.75 Å². The van der Waals surface area contributed by atoms with Crippen molar-refractivity contribution in [2.24, 2.45) is 0 Å². The Morgan fingerprint density at radius 1 is 1.23 bits per heavy atom. The van der Waals surface area contributed by atoms with Crippen molar-refractivity contribution in [1.29, 1.82) is 0 Å². The van der Waals surface area contributed by atoms with Gasteiger partial charge in [-0.15, -0.1) is 0 Å². The molecule has 0 saturated heterocycles. The maximum absolute atomic E-state index is 13.6. The van der Waals surface area contributed by atoms with E-state index in [0.717, 1.165) is 35.7 Å². The molecule has 0 aliphatic heterocycles. The molecule has 0 atom stereocenters. The van der Waals surface area contributed by atoms with Crippen LogP contribution in [0.2, 0.25) is 5.28 Å². The molecule has 2 rings (SSSR count). The first-order chi connectivity index (χ1) is 14.6. The molecule has 1 aromatic carbocycles. The molecule has 0 bridgehead atoms. The number of hydrogen-bond acceptors (Lipinski definition) is 5. The van der Waals surface area contributed by atoms with Gasteiger partial charge in [0.15, 0.2) is 5.75 Å². The van der Waals surface area contributed by atoms with Crippen molar-refractivity contribution < 1.29 is 18.3 Å². The highest BCUT2D eigenvalue weighted by Gasteiger charge is 2.24. The topological polar surface area (TPSA) is 47.5 Å². The monoisotopic (exact) mass is 451 g/mol. The standard InChI is InChI=1S/C23H28ClF2N3O2/c1-7-15(2)20(29(5)13-16(3)23(4,25)26)18-10-8-17(9-11-18)14-31-21-19(30-6)12-27-22(24)28-21/h8-13H,7,14H2,1-6H3/b16-13+,20-15?. The number of aromatic nitrogens is 2. The molecule has 0 amide bonds. The normalized spacial score (nSPS) is 13.0. The van der Waals surface area contributed by atoms with Gasteiger partial charge in [-0.25, -0.2) is 13.8 Å². The summed E-state index contributed by atoms with van der Waals surface area (Å²) in [7, 11) is 3.28. The van der Waals surface area contributed by atoms with Crippen molar-refractivity contribution in [3.8, 4) is 11.6 Å². The molecule has 1 aromatic heterocycles. The molecule has 31 heavy (non-hydrogen) atoms. The van der Waals surface area contributed by atoms with E-state index < -0.39 is 5.92 Å². The van der Waals surface area contributed by atoms with E-state index in [1.54, 1.807) is 11.9 Å². The van der Waals surface area contributed by atoms with Crippen LogP contribution in [0.15, 0.2) is 47.8 Å². The van der Waals surface area contributed by atoms with Gasteiger partial charge in [-0.05, 0) is 48.6 Å². The number of methoxy groups -OCH3 is 1. The first-order valence-electron chi connectivity index (χ1n) is 9.84. The second-order valence-corrected chi connectivity index (χ2v) is 7.63. The number of halogens is 3. The van der Waals surface area contributed by atoms with Gasteiger partial charge in [-0.3, -0.25) is 0 Å². The smallest absolute Gasteiger partial charge is 0.268 e. The van der Waals surface area contributed by atoms with E-state index in [9.17, 15) is 8.78 Å². The van der Waals surface area contributed by atoms with Crippen LogP contribution in [-0.2, 0) is 6.61 Å². The second kappa shape index (κ2) is 10.6. The minimum Gasteiger partial charge on any atom is -0.490 e. The third-order valence-corrected chi connectivity index (χ3v) is 5.06. The van der Waals surface area contributed by atoms with Crippen LogP contribution in [0.5, 0.6) is 11.6 Å². The Hall–Kier alpha value is -2.67. The van der Waals surface area contributed by atoms with Crippen LogP contribution in [0.3, 0.4) is 0 Å².